The van der Waals surface area contributed by atoms with Crippen LogP contribution in [0.4, 0.5) is 0 Å². The molecule has 0 atom stereocenters. The maximum atomic E-state index is 10.8. The normalized spacial score (nSPS) is 10.4. The van der Waals surface area contributed by atoms with E-state index in [9.17, 15) is 4.79 Å². The van der Waals surface area contributed by atoms with Gasteiger partial charge in [-0.1, -0.05) is 39.3 Å². The monoisotopic (exact) mass is 212 g/mol. The molecule has 2 nitrogen and oxygen atoms in total. The van der Waals surface area contributed by atoms with E-state index >= 15 is 0 Å². The zero-order chi connectivity index (χ0) is 11.7. The standard InChI is InChI=1S/C13H24O2/c1-5-13(14)15-10-9-12(4)8-6-7-11(2)3/h11H,4-10H2,1-3H3. The molecule has 0 aliphatic carbocycles. The largest absolute Gasteiger partial charge is 0.465 e. The highest BCUT2D eigenvalue weighted by Gasteiger charge is 2.00. The Balaban J connectivity index is 3.37. The zero-order valence-electron chi connectivity index (χ0n) is 10.3. The van der Waals surface area contributed by atoms with Gasteiger partial charge in [-0.3, -0.25) is 4.79 Å². The van der Waals surface area contributed by atoms with E-state index in [0.717, 1.165) is 18.8 Å². The van der Waals surface area contributed by atoms with Gasteiger partial charge in [0.25, 0.3) is 0 Å². The summed E-state index contributed by atoms with van der Waals surface area (Å²) in [6.45, 7) is 10.7. The molecule has 88 valence electrons. The van der Waals surface area contributed by atoms with Crippen molar-refractivity contribution in [3.63, 3.8) is 0 Å². The molecule has 0 heterocycles. The van der Waals surface area contributed by atoms with Crippen molar-refractivity contribution in [1.29, 1.82) is 0 Å². The maximum Gasteiger partial charge on any atom is 0.305 e. The van der Waals surface area contributed by atoms with E-state index in [4.69, 9.17) is 4.74 Å². The van der Waals surface area contributed by atoms with E-state index in [2.05, 4.69) is 20.4 Å². The van der Waals surface area contributed by atoms with Crippen LogP contribution in [0.3, 0.4) is 0 Å². The Morgan fingerprint density at radius 3 is 2.53 bits per heavy atom. The number of carbonyl (C=O) groups excluding carboxylic acids is 1. The average molecular weight is 212 g/mol. The molecule has 15 heavy (non-hydrogen) atoms. The van der Waals surface area contributed by atoms with Crippen LogP contribution < -0.4 is 0 Å². The highest BCUT2D eigenvalue weighted by molar-refractivity contribution is 5.68. The number of rotatable bonds is 8. The third-order valence-corrected chi connectivity index (χ3v) is 2.32. The molecular formula is C13H24O2. The lowest BCUT2D eigenvalue weighted by molar-refractivity contribution is -0.143. The summed E-state index contributed by atoms with van der Waals surface area (Å²) in [5.74, 6) is 0.640. The van der Waals surface area contributed by atoms with Gasteiger partial charge in [-0.2, -0.15) is 0 Å². The molecular weight excluding hydrogens is 188 g/mol. The molecule has 2 heteroatoms. The molecule has 0 aromatic rings. The van der Waals surface area contributed by atoms with Gasteiger partial charge in [0, 0.05) is 12.8 Å². The van der Waals surface area contributed by atoms with Gasteiger partial charge in [0.1, 0.15) is 0 Å². The summed E-state index contributed by atoms with van der Waals surface area (Å²) < 4.78 is 4.99. The van der Waals surface area contributed by atoms with Crippen molar-refractivity contribution in [3.8, 4) is 0 Å². The van der Waals surface area contributed by atoms with Gasteiger partial charge in [0.15, 0.2) is 0 Å². The third-order valence-electron chi connectivity index (χ3n) is 2.32. The quantitative estimate of drug-likeness (QED) is 0.453. The van der Waals surface area contributed by atoms with Gasteiger partial charge >= 0.3 is 5.97 Å². The minimum Gasteiger partial charge on any atom is -0.465 e. The van der Waals surface area contributed by atoms with Crippen LogP contribution in [0.2, 0.25) is 0 Å². The van der Waals surface area contributed by atoms with Crippen molar-refractivity contribution < 1.29 is 9.53 Å². The second-order valence-corrected chi connectivity index (χ2v) is 4.36. The van der Waals surface area contributed by atoms with Crippen LogP contribution in [0.5, 0.6) is 0 Å². The van der Waals surface area contributed by atoms with Gasteiger partial charge in [-0.15, -0.1) is 0 Å². The van der Waals surface area contributed by atoms with Crippen LogP contribution in [0.25, 0.3) is 0 Å². The molecule has 0 aliphatic rings. The smallest absolute Gasteiger partial charge is 0.305 e. The van der Waals surface area contributed by atoms with E-state index in [1.807, 2.05) is 0 Å². The minimum absolute atomic E-state index is 0.120. The lowest BCUT2D eigenvalue weighted by Gasteiger charge is -2.07. The first-order valence-corrected chi connectivity index (χ1v) is 5.88. The molecule has 0 N–H and O–H groups in total. The van der Waals surface area contributed by atoms with Crippen LogP contribution in [0.15, 0.2) is 12.2 Å². The van der Waals surface area contributed by atoms with Gasteiger partial charge in [-0.05, 0) is 18.8 Å². The summed E-state index contributed by atoms with van der Waals surface area (Å²) in [7, 11) is 0. The van der Waals surface area contributed by atoms with Crippen molar-refractivity contribution in [2.45, 2.75) is 52.9 Å². The van der Waals surface area contributed by atoms with Crippen molar-refractivity contribution >= 4 is 5.97 Å². The number of hydrogen-bond acceptors (Lipinski definition) is 2. The minimum atomic E-state index is -0.120. The summed E-state index contributed by atoms with van der Waals surface area (Å²) in [5.41, 5.74) is 1.19. The second-order valence-electron chi connectivity index (χ2n) is 4.36. The van der Waals surface area contributed by atoms with Crippen molar-refractivity contribution in [2.24, 2.45) is 5.92 Å². The molecule has 0 aliphatic heterocycles. The summed E-state index contributed by atoms with van der Waals surface area (Å²) in [6, 6.07) is 0. The van der Waals surface area contributed by atoms with Crippen molar-refractivity contribution in [2.75, 3.05) is 6.61 Å². The SMILES string of the molecule is C=C(CCCC(C)C)CCOC(=O)CC. The average Bonchev–Trinajstić information content (AvgIpc) is 2.17. The topological polar surface area (TPSA) is 26.3 Å². The molecule has 0 fully saturated rings. The van der Waals surface area contributed by atoms with E-state index in [0.29, 0.717) is 13.0 Å². The summed E-state index contributed by atoms with van der Waals surface area (Å²) in [5, 5.41) is 0. The Hall–Kier alpha value is -0.790. The highest BCUT2D eigenvalue weighted by atomic mass is 16.5. The molecule has 0 aromatic heterocycles. The Kier molecular flexibility index (Phi) is 8.06. The van der Waals surface area contributed by atoms with Crippen LogP contribution in [-0.2, 0) is 9.53 Å². The predicted molar refractivity (Wildman–Crippen MR) is 63.7 cm³/mol. The van der Waals surface area contributed by atoms with Crippen molar-refractivity contribution in [3.05, 3.63) is 12.2 Å². The van der Waals surface area contributed by atoms with Crippen LogP contribution in [0, 0.1) is 5.92 Å². The fourth-order valence-electron chi connectivity index (χ4n) is 1.30. The first-order valence-electron chi connectivity index (χ1n) is 5.88. The van der Waals surface area contributed by atoms with Crippen LogP contribution in [0.1, 0.15) is 52.9 Å². The number of esters is 1. The van der Waals surface area contributed by atoms with Gasteiger partial charge < -0.3 is 4.74 Å². The van der Waals surface area contributed by atoms with Gasteiger partial charge in [0.05, 0.1) is 6.61 Å². The van der Waals surface area contributed by atoms with E-state index in [1.54, 1.807) is 6.92 Å². The van der Waals surface area contributed by atoms with Gasteiger partial charge in [-0.25, -0.2) is 0 Å². The Labute approximate surface area is 93.7 Å². The number of hydrogen-bond donors (Lipinski definition) is 0. The molecule has 0 unspecified atom stereocenters. The Morgan fingerprint density at radius 1 is 1.33 bits per heavy atom. The molecule has 0 saturated heterocycles. The molecule has 0 radical (unpaired) electrons. The summed E-state index contributed by atoms with van der Waals surface area (Å²) in [4.78, 5) is 10.8. The molecule has 0 rings (SSSR count). The lowest BCUT2D eigenvalue weighted by Crippen LogP contribution is -2.04. The van der Waals surface area contributed by atoms with E-state index < -0.39 is 0 Å². The Bertz CT molecular complexity index is 195. The lowest BCUT2D eigenvalue weighted by atomic mass is 10.0. The first kappa shape index (κ1) is 14.2. The third kappa shape index (κ3) is 9.51. The molecule has 0 spiro atoms. The Morgan fingerprint density at radius 2 is 2.00 bits per heavy atom. The fraction of sp³-hybridized carbons (Fsp3) is 0.769. The van der Waals surface area contributed by atoms with Crippen molar-refractivity contribution in [1.82, 2.24) is 0 Å². The fourth-order valence-corrected chi connectivity index (χ4v) is 1.30. The summed E-state index contributed by atoms with van der Waals surface area (Å²) in [6.07, 6.45) is 4.76. The molecule has 0 aromatic carbocycles. The number of ether oxygens (including phenoxy) is 1. The zero-order valence-corrected chi connectivity index (χ0v) is 10.3. The van der Waals surface area contributed by atoms with E-state index in [-0.39, 0.29) is 5.97 Å². The number of carbonyl (C=O) groups is 1. The molecule has 0 bridgehead atoms. The van der Waals surface area contributed by atoms with Crippen LogP contribution >= 0.6 is 0 Å². The maximum absolute atomic E-state index is 10.8. The molecule has 0 saturated carbocycles. The highest BCUT2D eigenvalue weighted by Crippen LogP contribution is 2.13. The van der Waals surface area contributed by atoms with E-state index in [1.165, 1.54) is 18.4 Å². The van der Waals surface area contributed by atoms with Crippen LogP contribution in [-0.4, -0.2) is 12.6 Å². The molecule has 0 amide bonds. The predicted octanol–water partition coefficient (Wildman–Crippen LogP) is 3.71. The summed E-state index contributed by atoms with van der Waals surface area (Å²) >= 11 is 0. The van der Waals surface area contributed by atoms with Gasteiger partial charge in [0.2, 0.25) is 0 Å². The second kappa shape index (κ2) is 8.51. The first-order chi connectivity index (χ1) is 7.06.